The summed E-state index contributed by atoms with van der Waals surface area (Å²) in [6, 6.07) is 8.16. The minimum Gasteiger partial charge on any atom is -0.463 e. The third-order valence-corrected chi connectivity index (χ3v) is 8.14. The molecule has 3 N–H and O–H groups in total. The quantitative estimate of drug-likeness (QED) is 0.275. The minimum atomic E-state index is -4.12. The van der Waals surface area contributed by atoms with Gasteiger partial charge in [0.15, 0.2) is 11.8 Å². The van der Waals surface area contributed by atoms with Crippen LogP contribution in [0.4, 0.5) is 4.39 Å². The molecule has 13 heteroatoms. The van der Waals surface area contributed by atoms with Gasteiger partial charge in [-0.05, 0) is 32.9 Å². The number of hydrogen-bond donors (Lipinski definition) is 3. The van der Waals surface area contributed by atoms with E-state index in [0.717, 1.165) is 6.08 Å². The maximum absolute atomic E-state index is 14.1. The number of ether oxygens (including phenoxy) is 2. The molecule has 0 spiro atoms. The number of halogens is 1. The lowest BCUT2D eigenvalue weighted by Gasteiger charge is -2.37. The van der Waals surface area contributed by atoms with E-state index in [2.05, 4.69) is 11.9 Å². The Morgan fingerprint density at radius 2 is 1.95 bits per heavy atom. The second kappa shape index (κ2) is 12.0. The molecule has 1 aromatic carbocycles. The first kappa shape index (κ1) is 29.8. The summed E-state index contributed by atoms with van der Waals surface area (Å²) in [6.07, 6.45) is -4.33. The van der Waals surface area contributed by atoms with Crippen molar-refractivity contribution >= 4 is 19.5 Å². The second-order valence-electron chi connectivity index (χ2n) is 9.58. The molecule has 38 heavy (non-hydrogen) atoms. The first-order valence-corrected chi connectivity index (χ1v) is 13.8. The molecule has 1 amide bonds. The van der Waals surface area contributed by atoms with Crippen molar-refractivity contribution < 1.29 is 47.3 Å². The lowest BCUT2D eigenvalue weighted by atomic mass is 9.93. The molecular weight excluding hydrogens is 522 g/mol. The molecule has 0 saturated carbocycles. The number of aliphatic hydroxyl groups excluding tert-OH is 1. The number of para-hydroxylation sites is 1. The van der Waals surface area contributed by atoms with E-state index >= 15 is 0 Å². The Morgan fingerprint density at radius 1 is 1.29 bits per heavy atom. The average molecular weight is 557 g/mol. The molecule has 1 aromatic rings. The van der Waals surface area contributed by atoms with Crippen LogP contribution in [-0.2, 0) is 28.2 Å². The number of aliphatic hydroxyl groups is 2. The molecule has 3 rings (SSSR count). The number of alkyl halides is 1. The molecule has 7 atom stereocenters. The van der Waals surface area contributed by atoms with Crippen LogP contribution in [0.2, 0.25) is 0 Å². The van der Waals surface area contributed by atoms with Crippen LogP contribution < -0.4 is 9.84 Å². The zero-order chi connectivity index (χ0) is 28.3. The van der Waals surface area contributed by atoms with Crippen molar-refractivity contribution in [1.29, 1.82) is 0 Å². The Bertz CT molecular complexity index is 1100. The molecular formula is C25H34FN2O9P. The molecule has 0 bridgehead atoms. The highest BCUT2D eigenvalue weighted by atomic mass is 31.2. The van der Waals surface area contributed by atoms with Gasteiger partial charge in [0, 0.05) is 12.3 Å². The number of nitrogens with zero attached hydrogens (tertiary/aromatic N) is 1. The number of esters is 1. The zero-order valence-corrected chi connectivity index (χ0v) is 22.5. The fraction of sp³-hybridized carbons (Fsp3) is 0.520. The van der Waals surface area contributed by atoms with Gasteiger partial charge < -0.3 is 34.4 Å². The fourth-order valence-electron chi connectivity index (χ4n) is 4.11. The molecule has 2 aliphatic heterocycles. The van der Waals surface area contributed by atoms with Crippen molar-refractivity contribution in [3.05, 3.63) is 55.0 Å². The van der Waals surface area contributed by atoms with Gasteiger partial charge in [-0.2, -0.15) is 0 Å². The number of carbonyl (C=O) groups is 2. The predicted molar refractivity (Wildman–Crippen MR) is 134 cm³/mol. The van der Waals surface area contributed by atoms with E-state index in [1.54, 1.807) is 44.2 Å². The Balaban J connectivity index is 1.85. The van der Waals surface area contributed by atoms with Crippen LogP contribution in [0, 0.1) is 5.92 Å². The van der Waals surface area contributed by atoms with Gasteiger partial charge in [0.2, 0.25) is 0 Å². The smallest absolute Gasteiger partial charge is 0.380 e. The van der Waals surface area contributed by atoms with E-state index in [1.165, 1.54) is 24.9 Å². The van der Waals surface area contributed by atoms with Crippen molar-refractivity contribution in [1.82, 2.24) is 10.2 Å². The van der Waals surface area contributed by atoms with Crippen LogP contribution in [-0.4, -0.2) is 76.1 Å². The Kier molecular flexibility index (Phi) is 9.38. The lowest BCUT2D eigenvalue weighted by molar-refractivity contribution is -0.151. The van der Waals surface area contributed by atoms with Gasteiger partial charge in [-0.3, -0.25) is 14.1 Å². The van der Waals surface area contributed by atoms with E-state index in [0.29, 0.717) is 0 Å². The summed E-state index contributed by atoms with van der Waals surface area (Å²) in [5.74, 6) is -1.76. The molecule has 210 valence electrons. The van der Waals surface area contributed by atoms with Gasteiger partial charge in [0.25, 0.3) is 5.91 Å². The van der Waals surface area contributed by atoms with Crippen LogP contribution >= 0.6 is 7.60 Å². The Hall–Kier alpha value is -2.76. The fourth-order valence-corrected chi connectivity index (χ4v) is 6.21. The van der Waals surface area contributed by atoms with Gasteiger partial charge in [-0.25, -0.2) is 8.96 Å². The molecule has 2 aliphatic rings. The van der Waals surface area contributed by atoms with Crippen molar-refractivity contribution in [3.63, 3.8) is 0 Å². The highest BCUT2D eigenvalue weighted by molar-refractivity contribution is 7.54. The first-order chi connectivity index (χ1) is 17.8. The maximum Gasteiger partial charge on any atom is 0.380 e. The summed E-state index contributed by atoms with van der Waals surface area (Å²) >= 11 is 0. The minimum absolute atomic E-state index is 0.00799. The Labute approximate surface area is 220 Å². The molecule has 0 radical (unpaired) electrons. The standard InChI is InChI=1S/C25H34FN2O9P/c1-15(2)34-23(31)16(3)13-38(33,37-19-9-7-6-8-10-19)36-17(4)21-22(30)25(32,14-26)24(35-21)28-12-11-20(29)27-18(28)5/h6-12,15-17,21-22,24,30,32H,5,13-14H2,1-4H3,(H,27,29)/t16-,17-,21-,22+,24-,25?,38-/m1/s1. The van der Waals surface area contributed by atoms with E-state index in [4.69, 9.17) is 18.5 Å². The molecule has 1 fully saturated rings. The lowest BCUT2D eigenvalue weighted by Crippen LogP contribution is -2.57. The summed E-state index contributed by atoms with van der Waals surface area (Å²) in [6.45, 7) is 8.55. The van der Waals surface area contributed by atoms with Crippen molar-refractivity contribution in [2.24, 2.45) is 5.92 Å². The van der Waals surface area contributed by atoms with Crippen molar-refractivity contribution in [3.8, 4) is 5.75 Å². The van der Waals surface area contributed by atoms with E-state index < -0.39 is 62.2 Å². The summed E-state index contributed by atoms with van der Waals surface area (Å²) in [5.41, 5.74) is -2.45. The highest BCUT2D eigenvalue weighted by Crippen LogP contribution is 2.52. The van der Waals surface area contributed by atoms with E-state index in [1.807, 2.05) is 0 Å². The molecule has 0 aromatic heterocycles. The normalized spacial score (nSPS) is 28.5. The van der Waals surface area contributed by atoms with Crippen LogP contribution in [0.15, 0.2) is 55.0 Å². The first-order valence-electron chi connectivity index (χ1n) is 12.1. The zero-order valence-electron chi connectivity index (χ0n) is 21.7. The van der Waals surface area contributed by atoms with E-state index in [9.17, 15) is 28.8 Å². The van der Waals surface area contributed by atoms with Crippen molar-refractivity contribution in [2.45, 2.75) is 63.9 Å². The predicted octanol–water partition coefficient (Wildman–Crippen LogP) is 2.45. The van der Waals surface area contributed by atoms with Crippen LogP contribution in [0.25, 0.3) is 0 Å². The van der Waals surface area contributed by atoms with Gasteiger partial charge in [-0.15, -0.1) is 0 Å². The van der Waals surface area contributed by atoms with Gasteiger partial charge >= 0.3 is 13.6 Å². The third kappa shape index (κ3) is 6.62. The average Bonchev–Trinajstić information content (AvgIpc) is 3.10. The molecule has 2 heterocycles. The SMILES string of the molecule is C=C1NC(=O)C=CN1[C@@H]1O[C@H]([C@@H](C)O[P@](=O)(C[C@@H](C)C(=O)OC(C)C)Oc2ccccc2)[C@H](O)C1(O)CF. The van der Waals surface area contributed by atoms with Crippen molar-refractivity contribution in [2.75, 3.05) is 12.8 Å². The van der Waals surface area contributed by atoms with Crippen LogP contribution in [0.3, 0.4) is 0 Å². The molecule has 1 saturated heterocycles. The monoisotopic (exact) mass is 556 g/mol. The third-order valence-electron chi connectivity index (χ3n) is 6.00. The van der Waals surface area contributed by atoms with E-state index in [-0.39, 0.29) is 23.8 Å². The summed E-state index contributed by atoms with van der Waals surface area (Å²) < 4.78 is 50.6. The molecule has 11 nitrogen and oxygen atoms in total. The number of amides is 1. The number of rotatable bonds is 11. The molecule has 0 aliphatic carbocycles. The highest BCUT2D eigenvalue weighted by Gasteiger charge is 2.60. The molecule has 1 unspecified atom stereocenters. The summed E-state index contributed by atoms with van der Waals surface area (Å²) in [4.78, 5) is 25.2. The second-order valence-corrected chi connectivity index (χ2v) is 11.6. The Morgan fingerprint density at radius 3 is 2.53 bits per heavy atom. The number of carbonyl (C=O) groups excluding carboxylic acids is 2. The van der Waals surface area contributed by atoms with Gasteiger partial charge in [-0.1, -0.05) is 31.7 Å². The summed E-state index contributed by atoms with van der Waals surface area (Å²) in [7, 11) is -4.12. The van der Waals surface area contributed by atoms with Crippen LogP contribution in [0.1, 0.15) is 27.7 Å². The topological polar surface area (TPSA) is 144 Å². The summed E-state index contributed by atoms with van der Waals surface area (Å²) in [5, 5.41) is 24.3. The number of benzene rings is 1. The van der Waals surface area contributed by atoms with Gasteiger partial charge in [0.05, 0.1) is 24.3 Å². The largest absolute Gasteiger partial charge is 0.463 e. The van der Waals surface area contributed by atoms with Crippen LogP contribution in [0.5, 0.6) is 5.75 Å². The van der Waals surface area contributed by atoms with Gasteiger partial charge in [0.1, 0.15) is 30.5 Å². The maximum atomic E-state index is 14.1. The number of nitrogens with one attached hydrogen (secondary N) is 1. The number of hydrogen-bond acceptors (Lipinski definition) is 10.